The van der Waals surface area contributed by atoms with E-state index in [1.165, 1.54) is 43.9 Å². The predicted molar refractivity (Wildman–Crippen MR) is 141 cm³/mol. The van der Waals surface area contributed by atoms with Gasteiger partial charge in [-0.05, 0) is 34.6 Å². The monoisotopic (exact) mass is 432 g/mol. The number of phenols is 1. The molecule has 7 aromatic rings. The number of hydrogen-bond acceptors (Lipinski definition) is 1. The minimum Gasteiger partial charge on any atom is -0.507 e. The topological polar surface area (TPSA) is 30.1 Å². The molecule has 1 N–H and O–H groups in total. The Labute approximate surface area is 195 Å². The summed E-state index contributed by atoms with van der Waals surface area (Å²) in [4.78, 5) is 0. The van der Waals surface area contributed by atoms with Gasteiger partial charge in [0.05, 0.1) is 16.6 Å². The molecule has 0 spiro atoms. The molecule has 0 aliphatic carbocycles. The van der Waals surface area contributed by atoms with Gasteiger partial charge in [0.2, 0.25) is 0 Å². The number of benzene rings is 5. The third-order valence-corrected chi connectivity index (χ3v) is 7.99. The number of para-hydroxylation sites is 4. The van der Waals surface area contributed by atoms with Crippen molar-refractivity contribution < 1.29 is 5.11 Å². The highest BCUT2D eigenvalue weighted by Gasteiger charge is 2.41. The SMILES string of the molecule is Oc1cc2c3c4c1c1ccccc1n4-c1ccccc1B3c1cccc3c4ccccc4n-2c13. The zero-order valence-electron chi connectivity index (χ0n) is 18.2. The molecular weight excluding hydrogens is 415 g/mol. The molecule has 2 aliphatic rings. The average molecular weight is 432 g/mol. The summed E-state index contributed by atoms with van der Waals surface area (Å²) in [6.45, 7) is 0.117. The fraction of sp³-hybridized carbons (Fsp3) is 0. The maximum atomic E-state index is 11.5. The fourth-order valence-corrected chi connectivity index (χ4v) is 6.82. The van der Waals surface area contributed by atoms with Crippen LogP contribution in [0.2, 0.25) is 0 Å². The molecule has 0 unspecified atom stereocenters. The maximum Gasteiger partial charge on any atom is 0.252 e. The van der Waals surface area contributed by atoms with E-state index in [2.05, 4.69) is 100 Å². The van der Waals surface area contributed by atoms with Crippen molar-refractivity contribution in [2.45, 2.75) is 0 Å². The highest BCUT2D eigenvalue weighted by molar-refractivity contribution is 7.00. The first-order valence-corrected chi connectivity index (χ1v) is 11.7. The second-order valence-corrected chi connectivity index (χ2v) is 9.49. The van der Waals surface area contributed by atoms with E-state index in [9.17, 15) is 5.11 Å². The Hall–Kier alpha value is -4.44. The minimum atomic E-state index is 0.117. The largest absolute Gasteiger partial charge is 0.507 e. The first-order valence-electron chi connectivity index (χ1n) is 11.7. The molecule has 4 heterocycles. The Kier molecular flexibility index (Phi) is 2.79. The van der Waals surface area contributed by atoms with E-state index in [0.29, 0.717) is 5.75 Å². The third-order valence-electron chi connectivity index (χ3n) is 7.99. The van der Waals surface area contributed by atoms with Crippen LogP contribution < -0.4 is 16.4 Å². The van der Waals surface area contributed by atoms with Crippen LogP contribution in [-0.4, -0.2) is 21.0 Å². The first-order chi connectivity index (χ1) is 16.8. The zero-order valence-corrected chi connectivity index (χ0v) is 18.2. The number of aromatic hydroxyl groups is 1. The van der Waals surface area contributed by atoms with Gasteiger partial charge in [-0.2, -0.15) is 0 Å². The van der Waals surface area contributed by atoms with Gasteiger partial charge in [0.1, 0.15) is 5.75 Å². The molecule has 9 rings (SSSR count). The van der Waals surface area contributed by atoms with Gasteiger partial charge in [-0.15, -0.1) is 0 Å². The lowest BCUT2D eigenvalue weighted by Crippen LogP contribution is -2.59. The van der Waals surface area contributed by atoms with Gasteiger partial charge >= 0.3 is 0 Å². The smallest absolute Gasteiger partial charge is 0.252 e. The lowest BCUT2D eigenvalue weighted by Gasteiger charge is -2.33. The summed E-state index contributed by atoms with van der Waals surface area (Å²) in [5, 5.41) is 16.0. The van der Waals surface area contributed by atoms with Crippen molar-refractivity contribution in [2.24, 2.45) is 0 Å². The lowest BCUT2D eigenvalue weighted by molar-refractivity contribution is 0.482. The normalized spacial score (nSPS) is 13.4. The van der Waals surface area contributed by atoms with E-state index in [1.807, 2.05) is 6.07 Å². The van der Waals surface area contributed by atoms with Crippen molar-refractivity contribution in [1.82, 2.24) is 9.13 Å². The molecule has 0 atom stereocenters. The van der Waals surface area contributed by atoms with Gasteiger partial charge in [-0.1, -0.05) is 72.8 Å². The van der Waals surface area contributed by atoms with Gasteiger partial charge < -0.3 is 14.2 Å². The number of phenolic OH excluding ortho intramolecular Hbond substituents is 1. The molecule has 4 heteroatoms. The van der Waals surface area contributed by atoms with Gasteiger partial charge in [-0.25, -0.2) is 0 Å². The van der Waals surface area contributed by atoms with Crippen molar-refractivity contribution in [3.8, 4) is 17.1 Å². The van der Waals surface area contributed by atoms with Gasteiger partial charge in [0.15, 0.2) is 0 Å². The zero-order chi connectivity index (χ0) is 22.1. The van der Waals surface area contributed by atoms with E-state index >= 15 is 0 Å². The van der Waals surface area contributed by atoms with E-state index in [-0.39, 0.29) is 6.71 Å². The molecule has 2 aromatic heterocycles. The first kappa shape index (κ1) is 17.1. The molecule has 0 bridgehead atoms. The standard InChI is InChI=1S/C30H17BN2O/c34-26-16-25-28-30-27(26)19-9-2-5-14-23(19)32(30)24-15-6-3-11-20(24)31(28)21-12-7-10-18-17-8-1-4-13-22(17)33(25)29(18)21/h1-16,34H. The van der Waals surface area contributed by atoms with Crippen molar-refractivity contribution in [1.29, 1.82) is 0 Å². The molecule has 34 heavy (non-hydrogen) atoms. The van der Waals surface area contributed by atoms with E-state index in [4.69, 9.17) is 0 Å². The summed E-state index contributed by atoms with van der Waals surface area (Å²) < 4.78 is 4.74. The van der Waals surface area contributed by atoms with Gasteiger partial charge in [0.25, 0.3) is 6.71 Å². The highest BCUT2D eigenvalue weighted by Crippen LogP contribution is 2.42. The summed E-state index contributed by atoms with van der Waals surface area (Å²) in [5.41, 5.74) is 10.9. The minimum absolute atomic E-state index is 0.117. The highest BCUT2D eigenvalue weighted by atomic mass is 16.3. The van der Waals surface area contributed by atoms with Crippen LogP contribution in [0.15, 0.2) is 97.1 Å². The van der Waals surface area contributed by atoms with E-state index in [0.717, 1.165) is 27.5 Å². The number of rotatable bonds is 0. The maximum absolute atomic E-state index is 11.5. The Morgan fingerprint density at radius 3 is 2.09 bits per heavy atom. The molecule has 0 amide bonds. The van der Waals surface area contributed by atoms with Crippen molar-refractivity contribution in [2.75, 3.05) is 0 Å². The Balaban J connectivity index is 1.64. The summed E-state index contributed by atoms with van der Waals surface area (Å²) >= 11 is 0. The van der Waals surface area contributed by atoms with Crippen LogP contribution >= 0.6 is 0 Å². The molecule has 0 saturated heterocycles. The summed E-state index contributed by atoms with van der Waals surface area (Å²) in [6.07, 6.45) is 0. The predicted octanol–water partition coefficient (Wildman–Crippen LogP) is 4.73. The molecule has 0 saturated carbocycles. The average Bonchev–Trinajstić information content (AvgIpc) is 3.41. The van der Waals surface area contributed by atoms with Crippen LogP contribution in [0.1, 0.15) is 0 Å². The van der Waals surface area contributed by atoms with Crippen molar-refractivity contribution >= 4 is 66.7 Å². The molecule has 3 nitrogen and oxygen atoms in total. The third kappa shape index (κ3) is 1.71. The van der Waals surface area contributed by atoms with Gasteiger partial charge in [0, 0.05) is 44.5 Å². The Morgan fingerprint density at radius 1 is 0.559 bits per heavy atom. The molecule has 2 aliphatic heterocycles. The van der Waals surface area contributed by atoms with Crippen LogP contribution in [-0.2, 0) is 0 Å². The molecule has 156 valence electrons. The van der Waals surface area contributed by atoms with Crippen LogP contribution in [0, 0.1) is 0 Å². The number of aromatic nitrogens is 2. The second kappa shape index (κ2) is 5.54. The second-order valence-electron chi connectivity index (χ2n) is 9.49. The lowest BCUT2D eigenvalue weighted by atomic mass is 9.34. The quantitative estimate of drug-likeness (QED) is 0.345. The fourth-order valence-electron chi connectivity index (χ4n) is 6.82. The number of fused-ring (bicyclic) bond motifs is 11. The van der Waals surface area contributed by atoms with Crippen LogP contribution in [0.25, 0.3) is 55.0 Å². The summed E-state index contributed by atoms with van der Waals surface area (Å²) in [6, 6.07) is 34.5. The van der Waals surface area contributed by atoms with E-state index in [1.54, 1.807) is 0 Å². The van der Waals surface area contributed by atoms with E-state index < -0.39 is 0 Å². The van der Waals surface area contributed by atoms with Crippen LogP contribution in [0.3, 0.4) is 0 Å². The summed E-state index contributed by atoms with van der Waals surface area (Å²) in [5.74, 6) is 0.340. The van der Waals surface area contributed by atoms with Crippen LogP contribution in [0.5, 0.6) is 5.75 Å². The number of hydrogen-bond donors (Lipinski definition) is 1. The van der Waals surface area contributed by atoms with Gasteiger partial charge in [-0.3, -0.25) is 0 Å². The summed E-state index contributed by atoms with van der Waals surface area (Å²) in [7, 11) is 0. The number of nitrogens with zero attached hydrogens (tertiary/aromatic N) is 2. The Morgan fingerprint density at radius 2 is 1.21 bits per heavy atom. The molecule has 0 radical (unpaired) electrons. The Bertz CT molecular complexity index is 2050. The van der Waals surface area contributed by atoms with Crippen LogP contribution in [0.4, 0.5) is 0 Å². The van der Waals surface area contributed by atoms with Crippen molar-refractivity contribution in [3.05, 3.63) is 97.1 Å². The van der Waals surface area contributed by atoms with Crippen molar-refractivity contribution in [3.63, 3.8) is 0 Å². The molecule has 5 aromatic carbocycles. The molecular formula is C30H17BN2O. The molecule has 0 fully saturated rings.